The molecule has 0 aliphatic carbocycles. The second kappa shape index (κ2) is 10.1. The van der Waals surface area contributed by atoms with Crippen molar-refractivity contribution in [1.82, 2.24) is 10.6 Å². The van der Waals surface area contributed by atoms with Crippen molar-refractivity contribution in [2.24, 2.45) is 0 Å². The fourth-order valence-electron chi connectivity index (χ4n) is 2.85. The third-order valence-corrected chi connectivity index (χ3v) is 4.38. The summed E-state index contributed by atoms with van der Waals surface area (Å²) < 4.78 is 51.1. The van der Waals surface area contributed by atoms with Gasteiger partial charge in [-0.25, -0.2) is 9.18 Å². The Hall–Kier alpha value is -3.43. The zero-order chi connectivity index (χ0) is 23.2. The Labute approximate surface area is 175 Å². The minimum atomic E-state index is -4.52. The maximum atomic E-state index is 13.1. The highest BCUT2D eigenvalue weighted by Gasteiger charge is 2.30. The lowest BCUT2D eigenvalue weighted by Gasteiger charge is -2.21. The van der Waals surface area contributed by atoms with E-state index in [2.05, 4.69) is 10.6 Å². The Morgan fingerprint density at radius 1 is 0.871 bits per heavy atom. The number of nitrogens with one attached hydrogen (secondary N) is 2. The molecule has 2 aromatic rings. The number of carboxylic acids is 1. The van der Waals surface area contributed by atoms with Crippen molar-refractivity contribution in [1.29, 1.82) is 0 Å². The predicted molar refractivity (Wildman–Crippen MR) is 102 cm³/mol. The minimum Gasteiger partial charge on any atom is -0.480 e. The first-order chi connectivity index (χ1) is 14.5. The molecule has 0 fully saturated rings. The maximum absolute atomic E-state index is 13.1. The Bertz CT molecular complexity index is 928. The van der Waals surface area contributed by atoms with Gasteiger partial charge >= 0.3 is 12.1 Å². The predicted octanol–water partition coefficient (Wildman–Crippen LogP) is 2.70. The van der Waals surface area contributed by atoms with Crippen LogP contribution in [0.1, 0.15) is 23.6 Å². The summed E-state index contributed by atoms with van der Waals surface area (Å²) in [7, 11) is 0. The number of carboxylic acid groups (broad SMARTS) is 1. The van der Waals surface area contributed by atoms with Crippen molar-refractivity contribution in [2.75, 3.05) is 0 Å². The quantitative estimate of drug-likeness (QED) is 0.550. The zero-order valence-corrected chi connectivity index (χ0v) is 16.4. The molecule has 166 valence electrons. The van der Waals surface area contributed by atoms with E-state index in [9.17, 15) is 37.1 Å². The molecule has 3 N–H and O–H groups in total. The highest BCUT2D eigenvalue weighted by Crippen LogP contribution is 2.29. The first kappa shape index (κ1) is 23.8. The van der Waals surface area contributed by atoms with Crippen molar-refractivity contribution in [3.05, 3.63) is 71.0 Å². The molecule has 0 unspecified atom stereocenters. The molecule has 0 saturated carbocycles. The van der Waals surface area contributed by atoms with E-state index in [4.69, 9.17) is 0 Å². The SMILES string of the molecule is CC(=O)N[C@H](Cc1ccc(F)cc1)C(=O)N[C@@H](Cc1ccc(C(F)(F)F)cc1)C(=O)O. The Balaban J connectivity index is 2.12. The molecule has 10 heteroatoms. The first-order valence-electron chi connectivity index (χ1n) is 9.16. The number of amides is 2. The summed E-state index contributed by atoms with van der Waals surface area (Å²) in [5, 5.41) is 14.1. The van der Waals surface area contributed by atoms with Crippen molar-refractivity contribution >= 4 is 17.8 Å². The Kier molecular flexibility index (Phi) is 7.73. The minimum absolute atomic E-state index is 0.0156. The number of aliphatic carboxylic acids is 1. The van der Waals surface area contributed by atoms with Crippen molar-refractivity contribution in [3.63, 3.8) is 0 Å². The lowest BCUT2D eigenvalue weighted by atomic mass is 10.0. The van der Waals surface area contributed by atoms with Gasteiger partial charge in [-0.2, -0.15) is 13.2 Å². The molecule has 0 aliphatic heterocycles. The van der Waals surface area contributed by atoms with Crippen LogP contribution in [0.4, 0.5) is 17.6 Å². The molecular formula is C21H20F4N2O4. The fourth-order valence-corrected chi connectivity index (χ4v) is 2.85. The highest BCUT2D eigenvalue weighted by molar-refractivity contribution is 5.90. The van der Waals surface area contributed by atoms with Gasteiger partial charge in [-0.1, -0.05) is 24.3 Å². The molecule has 2 rings (SSSR count). The average molecular weight is 440 g/mol. The third kappa shape index (κ3) is 7.40. The summed E-state index contributed by atoms with van der Waals surface area (Å²) in [6, 6.07) is 6.57. The van der Waals surface area contributed by atoms with Crippen LogP contribution < -0.4 is 10.6 Å². The van der Waals surface area contributed by atoms with E-state index in [0.717, 1.165) is 24.3 Å². The van der Waals surface area contributed by atoms with Gasteiger partial charge in [0.1, 0.15) is 17.9 Å². The van der Waals surface area contributed by atoms with Gasteiger partial charge in [0.2, 0.25) is 11.8 Å². The van der Waals surface area contributed by atoms with Gasteiger partial charge in [0, 0.05) is 19.8 Å². The van der Waals surface area contributed by atoms with Crippen LogP contribution in [0, 0.1) is 5.82 Å². The van der Waals surface area contributed by atoms with E-state index in [1.807, 2.05) is 0 Å². The van der Waals surface area contributed by atoms with Gasteiger partial charge in [-0.3, -0.25) is 9.59 Å². The van der Waals surface area contributed by atoms with Gasteiger partial charge in [-0.15, -0.1) is 0 Å². The standard InChI is InChI=1S/C21H20F4N2O4/c1-12(28)26-17(10-14-4-8-16(22)9-5-14)19(29)27-18(20(30)31)11-13-2-6-15(7-3-13)21(23,24)25/h2-9,17-18H,10-11H2,1H3,(H,26,28)(H,27,29)(H,30,31)/t17-,18+/m1/s1. The number of carbonyl (C=O) groups is 3. The molecule has 2 atom stereocenters. The molecule has 2 aromatic carbocycles. The van der Waals surface area contributed by atoms with E-state index in [0.29, 0.717) is 5.56 Å². The summed E-state index contributed by atoms with van der Waals surface area (Å²) in [5.74, 6) is -3.20. The molecular weight excluding hydrogens is 420 g/mol. The summed E-state index contributed by atoms with van der Waals surface area (Å²) in [6.45, 7) is 1.18. The van der Waals surface area contributed by atoms with Gasteiger partial charge < -0.3 is 15.7 Å². The average Bonchev–Trinajstić information content (AvgIpc) is 2.68. The van der Waals surface area contributed by atoms with Crippen LogP contribution in [0.15, 0.2) is 48.5 Å². The van der Waals surface area contributed by atoms with Crippen LogP contribution in [0.2, 0.25) is 0 Å². The summed E-state index contributed by atoms with van der Waals surface area (Å²) in [5.41, 5.74) is -0.0718. The number of carbonyl (C=O) groups excluding carboxylic acids is 2. The van der Waals surface area contributed by atoms with Crippen LogP contribution in [0.25, 0.3) is 0 Å². The third-order valence-electron chi connectivity index (χ3n) is 4.38. The van der Waals surface area contributed by atoms with Crippen LogP contribution in [-0.2, 0) is 33.4 Å². The van der Waals surface area contributed by atoms with E-state index in [1.165, 1.54) is 31.2 Å². The molecule has 6 nitrogen and oxygen atoms in total. The van der Waals surface area contributed by atoms with Crippen molar-refractivity contribution in [2.45, 2.75) is 38.0 Å². The zero-order valence-electron chi connectivity index (χ0n) is 16.4. The first-order valence-corrected chi connectivity index (χ1v) is 9.16. The van der Waals surface area contributed by atoms with Crippen molar-refractivity contribution < 1.29 is 37.1 Å². The number of hydrogen-bond donors (Lipinski definition) is 3. The van der Waals surface area contributed by atoms with Crippen LogP contribution in [0.3, 0.4) is 0 Å². The summed E-state index contributed by atoms with van der Waals surface area (Å²) in [6.07, 6.45) is -4.80. The molecule has 0 heterocycles. The second-order valence-corrected chi connectivity index (χ2v) is 6.88. The maximum Gasteiger partial charge on any atom is 0.416 e. The Morgan fingerprint density at radius 2 is 1.35 bits per heavy atom. The lowest BCUT2D eigenvalue weighted by Crippen LogP contribution is -2.52. The largest absolute Gasteiger partial charge is 0.480 e. The molecule has 0 bridgehead atoms. The fraction of sp³-hybridized carbons (Fsp3) is 0.286. The van der Waals surface area contributed by atoms with Crippen molar-refractivity contribution in [3.8, 4) is 0 Å². The van der Waals surface area contributed by atoms with Crippen LogP contribution in [-0.4, -0.2) is 35.0 Å². The van der Waals surface area contributed by atoms with Crippen LogP contribution >= 0.6 is 0 Å². The van der Waals surface area contributed by atoms with E-state index < -0.39 is 47.4 Å². The van der Waals surface area contributed by atoms with Gasteiger partial charge in [-0.05, 0) is 35.4 Å². The van der Waals surface area contributed by atoms with Gasteiger partial charge in [0.05, 0.1) is 5.56 Å². The molecule has 2 amide bonds. The van der Waals surface area contributed by atoms with Gasteiger partial charge in [0.25, 0.3) is 0 Å². The molecule has 0 aromatic heterocycles. The molecule has 31 heavy (non-hydrogen) atoms. The summed E-state index contributed by atoms with van der Waals surface area (Å²) >= 11 is 0. The highest BCUT2D eigenvalue weighted by atomic mass is 19.4. The number of rotatable bonds is 8. The smallest absolute Gasteiger partial charge is 0.416 e. The van der Waals surface area contributed by atoms with E-state index >= 15 is 0 Å². The normalized spacial score (nSPS) is 13.2. The molecule has 0 aliphatic rings. The van der Waals surface area contributed by atoms with Crippen LogP contribution in [0.5, 0.6) is 0 Å². The molecule has 0 radical (unpaired) electrons. The summed E-state index contributed by atoms with van der Waals surface area (Å²) in [4.78, 5) is 35.7. The topological polar surface area (TPSA) is 95.5 Å². The van der Waals surface area contributed by atoms with E-state index in [-0.39, 0.29) is 18.4 Å². The number of hydrogen-bond acceptors (Lipinski definition) is 3. The number of alkyl halides is 3. The molecule has 0 saturated heterocycles. The lowest BCUT2D eigenvalue weighted by molar-refractivity contribution is -0.142. The Morgan fingerprint density at radius 3 is 1.81 bits per heavy atom. The van der Waals surface area contributed by atoms with Gasteiger partial charge in [0.15, 0.2) is 0 Å². The number of benzene rings is 2. The number of halogens is 4. The van der Waals surface area contributed by atoms with E-state index in [1.54, 1.807) is 0 Å². The molecule has 0 spiro atoms. The second-order valence-electron chi connectivity index (χ2n) is 6.88. The monoisotopic (exact) mass is 440 g/mol.